The fourth-order valence-corrected chi connectivity index (χ4v) is 5.42. The summed E-state index contributed by atoms with van der Waals surface area (Å²) in [7, 11) is -3.58. The van der Waals surface area contributed by atoms with Gasteiger partial charge in [-0.05, 0) is 48.2 Å². The number of nitrogens with one attached hydrogen (secondary N) is 1. The van der Waals surface area contributed by atoms with Crippen LogP contribution in [0.1, 0.15) is 43.9 Å². The van der Waals surface area contributed by atoms with Gasteiger partial charge in [-0.2, -0.15) is 4.31 Å². The Bertz CT molecular complexity index is 1090. The van der Waals surface area contributed by atoms with E-state index in [0.29, 0.717) is 43.7 Å². The van der Waals surface area contributed by atoms with E-state index < -0.39 is 10.0 Å². The standard InChI is InChI=1S/C24H31N3O5S/c1-17(2)19-4-7-21(8-5-19)33(29,30)27-12-10-26(11-13-27)24(28)25-18(3)20-6-9-22-23(16-20)32-15-14-31-22/h4-9,16-18H,10-15H2,1-3H3,(H,25,28)/t18-/m0/s1. The smallest absolute Gasteiger partial charge is 0.317 e. The normalized spacial score (nSPS) is 17.6. The Morgan fingerprint density at radius 3 is 2.12 bits per heavy atom. The molecule has 0 spiro atoms. The lowest BCUT2D eigenvalue weighted by molar-refractivity contribution is 0.168. The minimum absolute atomic E-state index is 0.212. The van der Waals surface area contributed by atoms with Crippen LogP contribution in [0.5, 0.6) is 11.5 Å². The second kappa shape index (κ2) is 9.61. The molecule has 0 aromatic heterocycles. The van der Waals surface area contributed by atoms with Crippen LogP contribution in [0, 0.1) is 0 Å². The zero-order chi connectivity index (χ0) is 23.6. The van der Waals surface area contributed by atoms with Gasteiger partial charge in [-0.15, -0.1) is 0 Å². The predicted octanol–water partition coefficient (Wildman–Crippen LogP) is 3.36. The van der Waals surface area contributed by atoms with Crippen molar-refractivity contribution < 1.29 is 22.7 Å². The van der Waals surface area contributed by atoms with Crippen LogP contribution in [0.2, 0.25) is 0 Å². The van der Waals surface area contributed by atoms with Gasteiger partial charge in [0.25, 0.3) is 0 Å². The molecule has 2 amide bonds. The summed E-state index contributed by atoms with van der Waals surface area (Å²) in [5.74, 6) is 1.73. The lowest BCUT2D eigenvalue weighted by Crippen LogP contribution is -2.53. The van der Waals surface area contributed by atoms with Gasteiger partial charge in [0.2, 0.25) is 10.0 Å². The summed E-state index contributed by atoms with van der Waals surface area (Å²) < 4.78 is 38.6. The quantitative estimate of drug-likeness (QED) is 0.720. The Morgan fingerprint density at radius 2 is 1.48 bits per heavy atom. The van der Waals surface area contributed by atoms with Gasteiger partial charge in [0.15, 0.2) is 11.5 Å². The van der Waals surface area contributed by atoms with Gasteiger partial charge in [0, 0.05) is 26.2 Å². The SMILES string of the molecule is CC(C)c1ccc(S(=O)(=O)N2CCN(C(=O)N[C@@H](C)c3ccc4c(c3)OCCO4)CC2)cc1. The van der Waals surface area contributed by atoms with Crippen molar-refractivity contribution in [3.63, 3.8) is 0 Å². The summed E-state index contributed by atoms with van der Waals surface area (Å²) in [4.78, 5) is 14.7. The van der Waals surface area contributed by atoms with Crippen molar-refractivity contribution in [2.45, 2.75) is 37.6 Å². The van der Waals surface area contributed by atoms with Crippen molar-refractivity contribution in [1.29, 1.82) is 0 Å². The van der Waals surface area contributed by atoms with E-state index in [1.165, 1.54) is 4.31 Å². The molecule has 0 unspecified atom stereocenters. The number of piperazine rings is 1. The van der Waals surface area contributed by atoms with Crippen LogP contribution in [0.4, 0.5) is 4.79 Å². The second-order valence-corrected chi connectivity index (χ2v) is 10.6. The van der Waals surface area contributed by atoms with Crippen molar-refractivity contribution in [2.75, 3.05) is 39.4 Å². The minimum Gasteiger partial charge on any atom is -0.486 e. The number of carbonyl (C=O) groups is 1. The fraction of sp³-hybridized carbons (Fsp3) is 0.458. The topological polar surface area (TPSA) is 88.2 Å². The zero-order valence-electron chi connectivity index (χ0n) is 19.3. The maximum atomic E-state index is 13.0. The van der Waals surface area contributed by atoms with E-state index >= 15 is 0 Å². The van der Waals surface area contributed by atoms with Crippen LogP contribution in [0.3, 0.4) is 0 Å². The number of urea groups is 1. The lowest BCUT2D eigenvalue weighted by Gasteiger charge is -2.34. The number of ether oxygens (including phenoxy) is 2. The lowest BCUT2D eigenvalue weighted by atomic mass is 10.0. The maximum absolute atomic E-state index is 13.0. The van der Waals surface area contributed by atoms with Gasteiger partial charge in [0.1, 0.15) is 13.2 Å². The highest BCUT2D eigenvalue weighted by Gasteiger charge is 2.30. The molecule has 0 aliphatic carbocycles. The van der Waals surface area contributed by atoms with Crippen LogP contribution in [0.15, 0.2) is 47.4 Å². The zero-order valence-corrected chi connectivity index (χ0v) is 20.1. The first-order valence-electron chi connectivity index (χ1n) is 11.3. The molecule has 178 valence electrons. The molecule has 9 heteroatoms. The summed E-state index contributed by atoms with van der Waals surface area (Å²) >= 11 is 0. The molecule has 0 radical (unpaired) electrons. The van der Waals surface area contributed by atoms with Gasteiger partial charge in [-0.1, -0.05) is 32.0 Å². The molecule has 0 saturated carbocycles. The molecule has 33 heavy (non-hydrogen) atoms. The largest absolute Gasteiger partial charge is 0.486 e. The minimum atomic E-state index is -3.58. The number of carbonyl (C=O) groups excluding carboxylic acids is 1. The second-order valence-electron chi connectivity index (χ2n) is 8.69. The molecule has 1 saturated heterocycles. The molecular formula is C24H31N3O5S. The van der Waals surface area contributed by atoms with E-state index in [1.807, 2.05) is 37.3 Å². The first-order chi connectivity index (χ1) is 15.8. The number of benzene rings is 2. The third-order valence-corrected chi connectivity index (χ3v) is 8.03. The molecule has 1 N–H and O–H groups in total. The number of hydrogen-bond donors (Lipinski definition) is 1. The first-order valence-corrected chi connectivity index (χ1v) is 12.7. The number of hydrogen-bond acceptors (Lipinski definition) is 5. The van der Waals surface area contributed by atoms with Gasteiger partial charge in [0.05, 0.1) is 10.9 Å². The Labute approximate surface area is 195 Å². The number of nitrogens with zero attached hydrogens (tertiary/aromatic N) is 2. The van der Waals surface area contributed by atoms with E-state index in [0.717, 1.165) is 11.1 Å². The highest BCUT2D eigenvalue weighted by atomic mass is 32.2. The highest BCUT2D eigenvalue weighted by molar-refractivity contribution is 7.89. The fourth-order valence-electron chi connectivity index (χ4n) is 3.99. The summed E-state index contributed by atoms with van der Waals surface area (Å²) in [6, 6.07) is 12.3. The average Bonchev–Trinajstić information content (AvgIpc) is 2.83. The number of amides is 2. The average molecular weight is 474 g/mol. The monoisotopic (exact) mass is 473 g/mol. The number of rotatable bonds is 5. The molecule has 2 aliphatic heterocycles. The van der Waals surface area contributed by atoms with Crippen LogP contribution >= 0.6 is 0 Å². The highest BCUT2D eigenvalue weighted by Crippen LogP contribution is 2.32. The van der Waals surface area contributed by atoms with E-state index in [2.05, 4.69) is 19.2 Å². The number of fused-ring (bicyclic) bond motifs is 1. The van der Waals surface area contributed by atoms with Crippen molar-refractivity contribution in [1.82, 2.24) is 14.5 Å². The van der Waals surface area contributed by atoms with E-state index in [1.54, 1.807) is 17.0 Å². The predicted molar refractivity (Wildman–Crippen MR) is 125 cm³/mol. The van der Waals surface area contributed by atoms with E-state index in [-0.39, 0.29) is 30.1 Å². The molecule has 2 heterocycles. The molecule has 8 nitrogen and oxygen atoms in total. The molecule has 2 aromatic rings. The summed E-state index contributed by atoms with van der Waals surface area (Å²) in [5.41, 5.74) is 2.02. The van der Waals surface area contributed by atoms with Crippen molar-refractivity contribution in [2.24, 2.45) is 0 Å². The Morgan fingerprint density at radius 1 is 0.879 bits per heavy atom. The van der Waals surface area contributed by atoms with Gasteiger partial charge in [-0.25, -0.2) is 13.2 Å². The van der Waals surface area contributed by atoms with Gasteiger partial charge >= 0.3 is 6.03 Å². The van der Waals surface area contributed by atoms with Crippen LogP contribution in [-0.4, -0.2) is 63.0 Å². The third kappa shape index (κ3) is 5.09. The Balaban J connectivity index is 1.34. The third-order valence-electron chi connectivity index (χ3n) is 6.12. The molecule has 1 atom stereocenters. The molecular weight excluding hydrogens is 442 g/mol. The summed E-state index contributed by atoms with van der Waals surface area (Å²) in [6.07, 6.45) is 0. The summed E-state index contributed by atoms with van der Waals surface area (Å²) in [5, 5.41) is 3.00. The maximum Gasteiger partial charge on any atom is 0.317 e. The van der Waals surface area contributed by atoms with E-state index in [4.69, 9.17) is 9.47 Å². The molecule has 2 aliphatic rings. The van der Waals surface area contributed by atoms with Crippen molar-refractivity contribution >= 4 is 16.1 Å². The Hall–Kier alpha value is -2.78. The first kappa shape index (κ1) is 23.4. The van der Waals surface area contributed by atoms with Crippen LogP contribution in [0.25, 0.3) is 0 Å². The van der Waals surface area contributed by atoms with Crippen molar-refractivity contribution in [3.05, 3.63) is 53.6 Å². The molecule has 2 aromatic carbocycles. The molecule has 0 bridgehead atoms. The van der Waals surface area contributed by atoms with E-state index in [9.17, 15) is 13.2 Å². The molecule has 4 rings (SSSR count). The van der Waals surface area contributed by atoms with Crippen LogP contribution in [-0.2, 0) is 10.0 Å². The van der Waals surface area contributed by atoms with Crippen LogP contribution < -0.4 is 14.8 Å². The summed E-state index contributed by atoms with van der Waals surface area (Å²) in [6.45, 7) is 8.29. The Kier molecular flexibility index (Phi) is 6.81. The van der Waals surface area contributed by atoms with Crippen molar-refractivity contribution in [3.8, 4) is 11.5 Å². The molecule has 1 fully saturated rings. The van der Waals surface area contributed by atoms with Gasteiger partial charge < -0.3 is 19.7 Å². The van der Waals surface area contributed by atoms with Gasteiger partial charge in [-0.3, -0.25) is 0 Å². The number of sulfonamides is 1.